The van der Waals surface area contributed by atoms with Crippen LogP contribution in [0.4, 0.5) is 5.69 Å². The first-order valence-corrected chi connectivity index (χ1v) is 9.59. The van der Waals surface area contributed by atoms with Crippen molar-refractivity contribution < 1.29 is 19.0 Å². The van der Waals surface area contributed by atoms with Gasteiger partial charge in [0.2, 0.25) is 0 Å². The number of nitrogens with zero attached hydrogens (tertiary/aromatic N) is 1. The molecule has 2 heterocycles. The van der Waals surface area contributed by atoms with Gasteiger partial charge in [-0.3, -0.25) is 4.79 Å². The largest absolute Gasteiger partial charge is 0.493 e. The Morgan fingerprint density at radius 1 is 0.929 bits per heavy atom. The van der Waals surface area contributed by atoms with Gasteiger partial charge in [0.15, 0.2) is 0 Å². The molecule has 5 rings (SSSR count). The summed E-state index contributed by atoms with van der Waals surface area (Å²) in [5.74, 6) is -0.533. The minimum Gasteiger partial charge on any atom is -0.493 e. The monoisotopic (exact) mass is 375 g/mol. The van der Waals surface area contributed by atoms with Crippen LogP contribution in [0.2, 0.25) is 0 Å². The highest BCUT2D eigenvalue weighted by Crippen LogP contribution is 2.45. The van der Waals surface area contributed by atoms with E-state index >= 15 is 0 Å². The van der Waals surface area contributed by atoms with E-state index in [9.17, 15) is 4.79 Å². The maximum atomic E-state index is 13.1. The number of amides is 1. The molecular formula is C23H21NO4. The molecule has 3 aromatic carbocycles. The Hall–Kier alpha value is -2.89. The molecule has 3 aromatic rings. The molecule has 0 N–H and O–H groups in total. The van der Waals surface area contributed by atoms with Crippen LogP contribution in [0, 0.1) is 0 Å². The van der Waals surface area contributed by atoms with Gasteiger partial charge in [-0.15, -0.1) is 0 Å². The Balaban J connectivity index is 1.29. The maximum Gasteiger partial charge on any atom is 0.292 e. The lowest BCUT2D eigenvalue weighted by atomic mass is 10.1. The van der Waals surface area contributed by atoms with Gasteiger partial charge in [0, 0.05) is 17.5 Å². The van der Waals surface area contributed by atoms with Crippen molar-refractivity contribution >= 4 is 22.4 Å². The topological polar surface area (TPSA) is 48.0 Å². The SMILES string of the molecule is O=C1N(CCCOc2cccc3ccccc23)c2ccccc2C12OCCO2. The molecule has 5 heteroatoms. The minimum absolute atomic E-state index is 0.142. The molecule has 0 radical (unpaired) electrons. The van der Waals surface area contributed by atoms with E-state index in [2.05, 4.69) is 18.2 Å². The second-order valence-corrected chi connectivity index (χ2v) is 6.97. The summed E-state index contributed by atoms with van der Waals surface area (Å²) in [4.78, 5) is 14.8. The first-order chi connectivity index (χ1) is 13.8. The predicted molar refractivity (Wildman–Crippen MR) is 106 cm³/mol. The summed E-state index contributed by atoms with van der Waals surface area (Å²) in [6.07, 6.45) is 0.708. The van der Waals surface area contributed by atoms with Gasteiger partial charge < -0.3 is 19.1 Å². The van der Waals surface area contributed by atoms with Crippen LogP contribution in [0.15, 0.2) is 66.7 Å². The van der Waals surface area contributed by atoms with E-state index in [-0.39, 0.29) is 5.91 Å². The van der Waals surface area contributed by atoms with Crippen molar-refractivity contribution in [3.8, 4) is 5.75 Å². The molecule has 142 valence electrons. The van der Waals surface area contributed by atoms with E-state index in [1.54, 1.807) is 4.90 Å². The molecule has 1 saturated heterocycles. The molecule has 2 aliphatic rings. The summed E-state index contributed by atoms with van der Waals surface area (Å²) in [5.41, 5.74) is 1.66. The number of hydrogen-bond donors (Lipinski definition) is 0. The molecule has 2 aliphatic heterocycles. The second kappa shape index (κ2) is 6.93. The van der Waals surface area contributed by atoms with Crippen LogP contribution in [0.3, 0.4) is 0 Å². The lowest BCUT2D eigenvalue weighted by molar-refractivity contribution is -0.180. The molecular weight excluding hydrogens is 354 g/mol. The van der Waals surface area contributed by atoms with Crippen molar-refractivity contribution in [2.24, 2.45) is 0 Å². The van der Waals surface area contributed by atoms with E-state index in [1.807, 2.05) is 48.5 Å². The Bertz CT molecular complexity index is 1020. The molecule has 1 spiro atoms. The summed E-state index contributed by atoms with van der Waals surface area (Å²) in [5, 5.41) is 2.25. The fraction of sp³-hybridized carbons (Fsp3) is 0.261. The third-order valence-electron chi connectivity index (χ3n) is 5.30. The molecule has 1 amide bonds. The number of carbonyl (C=O) groups excluding carboxylic acids is 1. The van der Waals surface area contributed by atoms with Crippen molar-refractivity contribution in [1.29, 1.82) is 0 Å². The normalized spacial score (nSPS) is 17.4. The van der Waals surface area contributed by atoms with Crippen LogP contribution in [-0.2, 0) is 20.1 Å². The number of para-hydroxylation sites is 1. The van der Waals surface area contributed by atoms with E-state index in [4.69, 9.17) is 14.2 Å². The molecule has 0 atom stereocenters. The molecule has 0 aliphatic carbocycles. The van der Waals surface area contributed by atoms with Crippen LogP contribution in [0.1, 0.15) is 12.0 Å². The van der Waals surface area contributed by atoms with Crippen molar-refractivity contribution in [3.05, 3.63) is 72.3 Å². The Morgan fingerprint density at radius 3 is 2.57 bits per heavy atom. The van der Waals surface area contributed by atoms with Crippen LogP contribution < -0.4 is 9.64 Å². The van der Waals surface area contributed by atoms with Crippen molar-refractivity contribution in [3.63, 3.8) is 0 Å². The van der Waals surface area contributed by atoms with Crippen molar-refractivity contribution in [2.45, 2.75) is 12.2 Å². The van der Waals surface area contributed by atoms with E-state index < -0.39 is 5.79 Å². The maximum absolute atomic E-state index is 13.1. The lowest BCUT2D eigenvalue weighted by Crippen LogP contribution is -2.41. The number of anilines is 1. The fourth-order valence-corrected chi connectivity index (χ4v) is 4.03. The van der Waals surface area contributed by atoms with Gasteiger partial charge in [-0.05, 0) is 23.9 Å². The quantitative estimate of drug-likeness (QED) is 0.636. The molecule has 0 aromatic heterocycles. The number of carbonyl (C=O) groups is 1. The lowest BCUT2D eigenvalue weighted by Gasteiger charge is -2.22. The number of rotatable bonds is 5. The zero-order chi connectivity index (χ0) is 19.0. The smallest absolute Gasteiger partial charge is 0.292 e. The summed E-state index contributed by atoms with van der Waals surface area (Å²) in [6, 6.07) is 21.9. The van der Waals surface area contributed by atoms with Gasteiger partial charge in [0.05, 0.1) is 25.5 Å². The van der Waals surface area contributed by atoms with Crippen LogP contribution >= 0.6 is 0 Å². The third kappa shape index (κ3) is 2.66. The highest BCUT2D eigenvalue weighted by atomic mass is 16.7. The van der Waals surface area contributed by atoms with E-state index in [1.165, 1.54) is 0 Å². The summed E-state index contributed by atoms with van der Waals surface area (Å²) < 4.78 is 17.5. The van der Waals surface area contributed by atoms with Gasteiger partial charge in [0.25, 0.3) is 11.7 Å². The van der Waals surface area contributed by atoms with Crippen LogP contribution in [0.25, 0.3) is 10.8 Å². The number of fused-ring (bicyclic) bond motifs is 3. The molecule has 0 bridgehead atoms. The molecule has 0 unspecified atom stereocenters. The van der Waals surface area contributed by atoms with E-state index in [0.29, 0.717) is 32.8 Å². The zero-order valence-corrected chi connectivity index (χ0v) is 15.5. The predicted octanol–water partition coefficient (Wildman–Crippen LogP) is 3.86. The molecule has 1 fully saturated rings. The molecule has 0 saturated carbocycles. The minimum atomic E-state index is -1.26. The third-order valence-corrected chi connectivity index (χ3v) is 5.30. The van der Waals surface area contributed by atoms with Gasteiger partial charge in [-0.1, -0.05) is 54.6 Å². The van der Waals surface area contributed by atoms with Crippen molar-refractivity contribution in [1.82, 2.24) is 0 Å². The van der Waals surface area contributed by atoms with Crippen LogP contribution in [-0.4, -0.2) is 32.3 Å². The molecule has 28 heavy (non-hydrogen) atoms. The number of benzene rings is 3. The van der Waals surface area contributed by atoms with Crippen LogP contribution in [0.5, 0.6) is 5.75 Å². The Kier molecular flexibility index (Phi) is 4.26. The van der Waals surface area contributed by atoms with E-state index in [0.717, 1.165) is 27.8 Å². The van der Waals surface area contributed by atoms with Gasteiger partial charge in [-0.25, -0.2) is 0 Å². The first kappa shape index (κ1) is 17.2. The van der Waals surface area contributed by atoms with Gasteiger partial charge in [-0.2, -0.15) is 0 Å². The number of ether oxygens (including phenoxy) is 3. The Morgan fingerprint density at radius 2 is 1.68 bits per heavy atom. The summed E-state index contributed by atoms with van der Waals surface area (Å²) in [6.45, 7) is 1.93. The van der Waals surface area contributed by atoms with Gasteiger partial charge >= 0.3 is 0 Å². The summed E-state index contributed by atoms with van der Waals surface area (Å²) >= 11 is 0. The van der Waals surface area contributed by atoms with Crippen molar-refractivity contribution in [2.75, 3.05) is 31.3 Å². The second-order valence-electron chi connectivity index (χ2n) is 6.97. The standard InChI is InChI=1S/C23H21NO4/c25-22-23(27-15-16-28-23)19-10-3-4-11-20(19)24(22)13-6-14-26-21-12-5-8-17-7-1-2-9-18(17)21/h1-5,7-12H,6,13-16H2. The number of hydrogen-bond acceptors (Lipinski definition) is 4. The Labute approximate surface area is 163 Å². The first-order valence-electron chi connectivity index (χ1n) is 9.59. The summed E-state index contributed by atoms with van der Waals surface area (Å²) in [7, 11) is 0. The fourth-order valence-electron chi connectivity index (χ4n) is 4.03. The van der Waals surface area contributed by atoms with Gasteiger partial charge in [0.1, 0.15) is 5.75 Å². The average Bonchev–Trinajstić information content (AvgIpc) is 3.32. The highest BCUT2D eigenvalue weighted by Gasteiger charge is 2.55. The highest BCUT2D eigenvalue weighted by molar-refractivity contribution is 6.06. The zero-order valence-electron chi connectivity index (χ0n) is 15.5. The molecule has 5 nitrogen and oxygen atoms in total. The average molecular weight is 375 g/mol.